The number of hydrogen-bond acceptors (Lipinski definition) is 2. The summed E-state index contributed by atoms with van der Waals surface area (Å²) in [6.07, 6.45) is -0.112. The van der Waals surface area contributed by atoms with E-state index in [2.05, 4.69) is 5.32 Å². The van der Waals surface area contributed by atoms with Gasteiger partial charge in [0.1, 0.15) is 11.6 Å². The van der Waals surface area contributed by atoms with E-state index in [1.165, 1.54) is 6.07 Å². The molecule has 1 aromatic rings. The summed E-state index contributed by atoms with van der Waals surface area (Å²) in [5, 5.41) is 11.5. The number of carboxylic acids is 1. The van der Waals surface area contributed by atoms with Crippen LogP contribution >= 0.6 is 0 Å². The van der Waals surface area contributed by atoms with E-state index in [1.807, 2.05) is 0 Å². The topological polar surface area (TPSA) is 66.4 Å². The number of carbonyl (C=O) groups excluding carboxylic acids is 1. The number of benzene rings is 1. The third kappa shape index (κ3) is 2.32. The standard InChI is InChI=1S/C12H11F2NO3/c13-6-1-2-7(10(14)3-6)8-4-11(16)15-5-9(8)12(17)18/h1-3,8-9H,4-5H2,(H,15,16)(H,17,18)/t8-,9+/m0/s1. The van der Waals surface area contributed by atoms with Gasteiger partial charge in [-0.2, -0.15) is 0 Å². The van der Waals surface area contributed by atoms with Crippen LogP contribution < -0.4 is 5.32 Å². The van der Waals surface area contributed by atoms with Gasteiger partial charge in [-0.15, -0.1) is 0 Å². The molecule has 0 aromatic heterocycles. The van der Waals surface area contributed by atoms with Gasteiger partial charge in [-0.3, -0.25) is 9.59 Å². The fraction of sp³-hybridized carbons (Fsp3) is 0.333. The Hall–Kier alpha value is -1.98. The highest BCUT2D eigenvalue weighted by atomic mass is 19.1. The van der Waals surface area contributed by atoms with Gasteiger partial charge in [0, 0.05) is 24.9 Å². The molecule has 0 unspecified atom stereocenters. The van der Waals surface area contributed by atoms with Crippen molar-refractivity contribution in [2.75, 3.05) is 6.54 Å². The molecular weight excluding hydrogens is 244 g/mol. The van der Waals surface area contributed by atoms with Gasteiger partial charge >= 0.3 is 5.97 Å². The molecule has 2 N–H and O–H groups in total. The van der Waals surface area contributed by atoms with E-state index in [0.29, 0.717) is 6.07 Å². The summed E-state index contributed by atoms with van der Waals surface area (Å²) in [5.74, 6) is -4.66. The molecule has 1 heterocycles. The zero-order chi connectivity index (χ0) is 13.3. The predicted molar refractivity (Wildman–Crippen MR) is 57.9 cm³/mol. The monoisotopic (exact) mass is 255 g/mol. The highest BCUT2D eigenvalue weighted by Crippen LogP contribution is 2.32. The van der Waals surface area contributed by atoms with Crippen LogP contribution in [0.4, 0.5) is 8.78 Å². The van der Waals surface area contributed by atoms with Crippen LogP contribution in [0.5, 0.6) is 0 Å². The number of piperidine rings is 1. The summed E-state index contributed by atoms with van der Waals surface area (Å²) in [4.78, 5) is 22.4. The van der Waals surface area contributed by atoms with E-state index in [-0.39, 0.29) is 24.4 Å². The van der Waals surface area contributed by atoms with E-state index in [4.69, 9.17) is 5.11 Å². The number of rotatable bonds is 2. The molecule has 1 aromatic carbocycles. The summed E-state index contributed by atoms with van der Waals surface area (Å²) in [7, 11) is 0. The van der Waals surface area contributed by atoms with Crippen molar-refractivity contribution in [3.05, 3.63) is 35.4 Å². The van der Waals surface area contributed by atoms with Crippen molar-refractivity contribution in [3.8, 4) is 0 Å². The molecule has 1 amide bonds. The molecule has 0 radical (unpaired) electrons. The van der Waals surface area contributed by atoms with Crippen molar-refractivity contribution < 1.29 is 23.5 Å². The van der Waals surface area contributed by atoms with Crippen molar-refractivity contribution in [1.82, 2.24) is 5.32 Å². The van der Waals surface area contributed by atoms with Crippen molar-refractivity contribution in [3.63, 3.8) is 0 Å². The Morgan fingerprint density at radius 3 is 2.72 bits per heavy atom. The molecule has 0 saturated carbocycles. The van der Waals surface area contributed by atoms with Crippen molar-refractivity contribution in [2.24, 2.45) is 5.92 Å². The SMILES string of the molecule is O=C1C[C@@H](c2ccc(F)cc2F)[C@H](C(=O)O)CN1. The van der Waals surface area contributed by atoms with Crippen LogP contribution in [0.15, 0.2) is 18.2 Å². The number of carbonyl (C=O) groups is 2. The van der Waals surface area contributed by atoms with Crippen LogP contribution in [0.25, 0.3) is 0 Å². The maximum atomic E-state index is 13.6. The molecule has 18 heavy (non-hydrogen) atoms. The number of nitrogens with one attached hydrogen (secondary N) is 1. The van der Waals surface area contributed by atoms with Crippen LogP contribution in [-0.2, 0) is 9.59 Å². The zero-order valence-electron chi connectivity index (χ0n) is 9.32. The molecule has 4 nitrogen and oxygen atoms in total. The minimum atomic E-state index is -1.11. The number of amides is 1. The molecule has 2 rings (SSSR count). The number of hydrogen-bond donors (Lipinski definition) is 2. The second-order valence-electron chi connectivity index (χ2n) is 4.23. The maximum Gasteiger partial charge on any atom is 0.308 e. The minimum absolute atomic E-state index is 0.0460. The highest BCUT2D eigenvalue weighted by Gasteiger charge is 2.36. The first-order valence-corrected chi connectivity index (χ1v) is 5.43. The fourth-order valence-electron chi connectivity index (χ4n) is 2.17. The largest absolute Gasteiger partial charge is 0.481 e. The van der Waals surface area contributed by atoms with E-state index < -0.39 is 29.4 Å². The Kier molecular flexibility index (Phi) is 3.27. The Bertz CT molecular complexity index is 504. The molecular formula is C12H11F2NO3. The Morgan fingerprint density at radius 2 is 2.11 bits per heavy atom. The molecule has 1 saturated heterocycles. The second kappa shape index (κ2) is 4.72. The Balaban J connectivity index is 2.38. The third-order valence-electron chi connectivity index (χ3n) is 3.09. The third-order valence-corrected chi connectivity index (χ3v) is 3.09. The number of aliphatic carboxylic acids is 1. The summed E-state index contributed by atoms with van der Waals surface area (Å²) in [6.45, 7) is -0.0460. The van der Waals surface area contributed by atoms with Crippen LogP contribution in [0.3, 0.4) is 0 Å². The number of carboxylic acid groups (broad SMARTS) is 1. The molecule has 6 heteroatoms. The minimum Gasteiger partial charge on any atom is -0.481 e. The lowest BCUT2D eigenvalue weighted by Gasteiger charge is -2.29. The smallest absolute Gasteiger partial charge is 0.308 e. The van der Waals surface area contributed by atoms with Crippen molar-refractivity contribution in [1.29, 1.82) is 0 Å². The molecule has 1 fully saturated rings. The highest BCUT2D eigenvalue weighted by molar-refractivity contribution is 5.82. The second-order valence-corrected chi connectivity index (χ2v) is 4.23. The lowest BCUT2D eigenvalue weighted by molar-refractivity contribution is -0.144. The zero-order valence-corrected chi connectivity index (χ0v) is 9.32. The van der Waals surface area contributed by atoms with Gasteiger partial charge in [-0.25, -0.2) is 8.78 Å². The predicted octanol–water partition coefficient (Wildman–Crippen LogP) is 1.27. The average molecular weight is 255 g/mol. The lowest BCUT2D eigenvalue weighted by Crippen LogP contribution is -2.43. The normalized spacial score (nSPS) is 23.6. The summed E-state index contributed by atoms with van der Waals surface area (Å²) in [6, 6.07) is 2.95. The molecule has 1 aliphatic rings. The molecule has 0 spiro atoms. The van der Waals surface area contributed by atoms with Crippen LogP contribution in [0.2, 0.25) is 0 Å². The first-order chi connectivity index (χ1) is 8.49. The maximum absolute atomic E-state index is 13.6. The first kappa shape index (κ1) is 12.5. The van der Waals surface area contributed by atoms with Gasteiger partial charge in [0.25, 0.3) is 0 Å². The van der Waals surface area contributed by atoms with Crippen molar-refractivity contribution >= 4 is 11.9 Å². The first-order valence-electron chi connectivity index (χ1n) is 5.43. The average Bonchev–Trinajstić information content (AvgIpc) is 2.28. The van der Waals surface area contributed by atoms with Gasteiger partial charge in [0.2, 0.25) is 5.91 Å². The Labute approximate surface area is 102 Å². The van der Waals surface area contributed by atoms with Crippen LogP contribution in [0.1, 0.15) is 17.9 Å². The van der Waals surface area contributed by atoms with Gasteiger partial charge in [0.05, 0.1) is 5.92 Å². The van der Waals surface area contributed by atoms with Crippen LogP contribution in [0, 0.1) is 17.6 Å². The van der Waals surface area contributed by atoms with Crippen LogP contribution in [-0.4, -0.2) is 23.5 Å². The van der Waals surface area contributed by atoms with Crippen molar-refractivity contribution in [2.45, 2.75) is 12.3 Å². The van der Waals surface area contributed by atoms with E-state index in [9.17, 15) is 18.4 Å². The van der Waals surface area contributed by atoms with Gasteiger partial charge in [0.15, 0.2) is 0 Å². The van der Waals surface area contributed by atoms with Gasteiger partial charge in [-0.1, -0.05) is 6.07 Å². The molecule has 0 bridgehead atoms. The Morgan fingerprint density at radius 1 is 1.39 bits per heavy atom. The summed E-state index contributed by atoms with van der Waals surface area (Å²) in [5.41, 5.74) is 0.0682. The number of halogens is 2. The molecule has 2 atom stereocenters. The quantitative estimate of drug-likeness (QED) is 0.836. The van der Waals surface area contributed by atoms with E-state index >= 15 is 0 Å². The lowest BCUT2D eigenvalue weighted by atomic mass is 9.80. The molecule has 96 valence electrons. The fourth-order valence-corrected chi connectivity index (χ4v) is 2.17. The summed E-state index contributed by atoms with van der Waals surface area (Å²) < 4.78 is 26.4. The summed E-state index contributed by atoms with van der Waals surface area (Å²) >= 11 is 0. The van der Waals surface area contributed by atoms with Gasteiger partial charge in [-0.05, 0) is 11.6 Å². The molecule has 1 aliphatic heterocycles. The van der Waals surface area contributed by atoms with Gasteiger partial charge < -0.3 is 10.4 Å². The van der Waals surface area contributed by atoms with E-state index in [1.54, 1.807) is 0 Å². The van der Waals surface area contributed by atoms with E-state index in [0.717, 1.165) is 6.07 Å². The molecule has 0 aliphatic carbocycles.